The first-order valence-electron chi connectivity index (χ1n) is 9.88. The molecule has 5 heteroatoms. The maximum Gasteiger partial charge on any atom is 0.255 e. The largest absolute Gasteiger partial charge is 0.331 e. The van der Waals surface area contributed by atoms with E-state index in [1.54, 1.807) is 59.5 Å². The second-order valence-electron chi connectivity index (χ2n) is 7.13. The van der Waals surface area contributed by atoms with Crippen molar-refractivity contribution in [3.63, 3.8) is 0 Å². The van der Waals surface area contributed by atoms with Crippen molar-refractivity contribution in [1.82, 2.24) is 4.90 Å². The van der Waals surface area contributed by atoms with Crippen LogP contribution >= 0.6 is 0 Å². The predicted octanol–water partition coefficient (Wildman–Crippen LogP) is 4.95. The molecule has 5 nitrogen and oxygen atoms in total. The number of aryl methyl sites for hydroxylation is 1. The van der Waals surface area contributed by atoms with E-state index in [0.29, 0.717) is 35.5 Å². The van der Waals surface area contributed by atoms with Crippen LogP contribution in [0.3, 0.4) is 0 Å². The normalized spacial score (nSPS) is 10.1. The summed E-state index contributed by atoms with van der Waals surface area (Å²) in [5, 5.41) is 11.9. The van der Waals surface area contributed by atoms with E-state index in [-0.39, 0.29) is 11.8 Å². The number of anilines is 1. The summed E-state index contributed by atoms with van der Waals surface area (Å²) < 4.78 is 0. The summed E-state index contributed by atoms with van der Waals surface area (Å²) in [4.78, 5) is 27.4. The summed E-state index contributed by atoms with van der Waals surface area (Å²) in [6.45, 7) is 6.40. The zero-order valence-electron chi connectivity index (χ0n) is 17.3. The average molecular weight is 409 g/mol. The third-order valence-corrected chi connectivity index (χ3v) is 4.86. The minimum atomic E-state index is -0.228. The molecule has 3 rings (SSSR count). The third kappa shape index (κ3) is 5.46. The van der Waals surface area contributed by atoms with Crippen LogP contribution in [0.4, 0.5) is 5.69 Å². The molecule has 0 saturated heterocycles. The smallest absolute Gasteiger partial charge is 0.255 e. The van der Waals surface area contributed by atoms with Crippen LogP contribution in [0.5, 0.6) is 0 Å². The van der Waals surface area contributed by atoms with Gasteiger partial charge in [0.25, 0.3) is 11.8 Å². The van der Waals surface area contributed by atoms with Crippen LogP contribution in [0.1, 0.15) is 37.4 Å². The number of carbonyl (C=O) groups excluding carboxylic acids is 2. The lowest BCUT2D eigenvalue weighted by atomic mass is 10.1. The maximum absolute atomic E-state index is 13.2. The summed E-state index contributed by atoms with van der Waals surface area (Å²) in [6.07, 6.45) is 1.67. The van der Waals surface area contributed by atoms with E-state index in [1.165, 1.54) is 0 Å². The fourth-order valence-electron chi connectivity index (χ4n) is 3.14. The van der Waals surface area contributed by atoms with Gasteiger partial charge in [-0.3, -0.25) is 9.59 Å². The van der Waals surface area contributed by atoms with Crippen LogP contribution < -0.4 is 5.32 Å². The molecule has 0 radical (unpaired) electrons. The summed E-state index contributed by atoms with van der Waals surface area (Å²) >= 11 is 0. The molecule has 0 fully saturated rings. The first kappa shape index (κ1) is 21.5. The van der Waals surface area contributed by atoms with Crippen LogP contribution in [0.2, 0.25) is 0 Å². The lowest BCUT2D eigenvalue weighted by Gasteiger charge is -2.22. The summed E-state index contributed by atoms with van der Waals surface area (Å²) in [5.41, 5.74) is 3.97. The molecule has 154 valence electrons. The Morgan fingerprint density at radius 1 is 1.03 bits per heavy atom. The third-order valence-electron chi connectivity index (χ3n) is 4.86. The fraction of sp³-hybridized carbons (Fsp3) is 0.115. The fourth-order valence-corrected chi connectivity index (χ4v) is 3.14. The Labute approximate surface area is 182 Å². The average Bonchev–Trinajstić information content (AvgIpc) is 2.80. The van der Waals surface area contributed by atoms with Gasteiger partial charge in [-0.1, -0.05) is 42.5 Å². The highest BCUT2D eigenvalue weighted by Crippen LogP contribution is 2.20. The quantitative estimate of drug-likeness (QED) is 0.561. The van der Waals surface area contributed by atoms with Crippen molar-refractivity contribution in [3.8, 4) is 6.07 Å². The van der Waals surface area contributed by atoms with Crippen LogP contribution in [-0.4, -0.2) is 23.3 Å². The van der Waals surface area contributed by atoms with E-state index in [4.69, 9.17) is 5.26 Å². The molecular weight excluding hydrogens is 386 g/mol. The van der Waals surface area contributed by atoms with Gasteiger partial charge in [0.05, 0.1) is 11.6 Å². The van der Waals surface area contributed by atoms with Crippen LogP contribution in [0.15, 0.2) is 85.5 Å². The van der Waals surface area contributed by atoms with Crippen molar-refractivity contribution in [3.05, 3.63) is 113 Å². The van der Waals surface area contributed by atoms with E-state index in [0.717, 1.165) is 11.1 Å². The molecule has 31 heavy (non-hydrogen) atoms. The molecular formula is C26H23N3O2. The summed E-state index contributed by atoms with van der Waals surface area (Å²) in [7, 11) is 0. The van der Waals surface area contributed by atoms with E-state index >= 15 is 0 Å². The Balaban J connectivity index is 1.81. The zero-order chi connectivity index (χ0) is 22.2. The molecule has 0 spiro atoms. The van der Waals surface area contributed by atoms with Gasteiger partial charge in [0.1, 0.15) is 0 Å². The standard InChI is InChI=1S/C26H23N3O2/c1-3-15-29(18-21-12-10-20(17-27)11-13-21)26(31)23-14-9-19(2)24(16-23)28-25(30)22-7-5-4-6-8-22/h3-14,16H,1,15,18H2,2H3,(H,28,30). The molecule has 0 aliphatic carbocycles. The first-order chi connectivity index (χ1) is 15.0. The van der Waals surface area contributed by atoms with Gasteiger partial charge < -0.3 is 10.2 Å². The molecule has 0 heterocycles. The van der Waals surface area contributed by atoms with Crippen molar-refractivity contribution in [2.75, 3.05) is 11.9 Å². The zero-order valence-corrected chi connectivity index (χ0v) is 17.3. The van der Waals surface area contributed by atoms with Crippen molar-refractivity contribution in [1.29, 1.82) is 5.26 Å². The molecule has 0 bridgehead atoms. The van der Waals surface area contributed by atoms with Gasteiger partial charge in [0.2, 0.25) is 0 Å². The molecule has 0 aromatic heterocycles. The van der Waals surface area contributed by atoms with Gasteiger partial charge in [-0.25, -0.2) is 0 Å². The summed E-state index contributed by atoms with van der Waals surface area (Å²) in [6, 6.07) is 23.4. The lowest BCUT2D eigenvalue weighted by molar-refractivity contribution is 0.0762. The van der Waals surface area contributed by atoms with Crippen molar-refractivity contribution in [2.45, 2.75) is 13.5 Å². The highest BCUT2D eigenvalue weighted by Gasteiger charge is 2.17. The lowest BCUT2D eigenvalue weighted by Crippen LogP contribution is -2.30. The molecule has 2 amide bonds. The topological polar surface area (TPSA) is 73.2 Å². The number of nitrogens with zero attached hydrogens (tertiary/aromatic N) is 2. The van der Waals surface area contributed by atoms with Gasteiger partial charge in [-0.05, 0) is 54.4 Å². The molecule has 0 unspecified atom stereocenters. The first-order valence-corrected chi connectivity index (χ1v) is 9.88. The SMILES string of the molecule is C=CCN(Cc1ccc(C#N)cc1)C(=O)c1ccc(C)c(NC(=O)c2ccccc2)c1. The van der Waals surface area contributed by atoms with E-state index in [9.17, 15) is 9.59 Å². The second kappa shape index (κ2) is 10.0. The van der Waals surface area contributed by atoms with Crippen LogP contribution in [0.25, 0.3) is 0 Å². The van der Waals surface area contributed by atoms with E-state index < -0.39 is 0 Å². The number of rotatable bonds is 7. The molecule has 3 aromatic carbocycles. The molecule has 1 N–H and O–H groups in total. The van der Waals surface area contributed by atoms with Crippen LogP contribution in [0, 0.1) is 18.3 Å². The molecule has 0 saturated carbocycles. The van der Waals surface area contributed by atoms with E-state index in [2.05, 4.69) is 18.0 Å². The minimum absolute atomic E-state index is 0.167. The number of amides is 2. The second-order valence-corrected chi connectivity index (χ2v) is 7.13. The van der Waals surface area contributed by atoms with E-state index in [1.807, 2.05) is 31.2 Å². The van der Waals surface area contributed by atoms with Gasteiger partial charge in [0, 0.05) is 29.9 Å². The van der Waals surface area contributed by atoms with Gasteiger partial charge in [0.15, 0.2) is 0 Å². The number of benzene rings is 3. The number of hydrogen-bond donors (Lipinski definition) is 1. The van der Waals surface area contributed by atoms with Crippen LogP contribution in [-0.2, 0) is 6.54 Å². The van der Waals surface area contributed by atoms with Crippen molar-refractivity contribution >= 4 is 17.5 Å². The molecule has 3 aromatic rings. The Morgan fingerprint density at radius 2 is 1.74 bits per heavy atom. The predicted molar refractivity (Wildman–Crippen MR) is 122 cm³/mol. The Morgan fingerprint density at radius 3 is 2.39 bits per heavy atom. The molecule has 0 atom stereocenters. The van der Waals surface area contributed by atoms with Gasteiger partial charge in [-0.2, -0.15) is 5.26 Å². The number of nitrogens with one attached hydrogen (secondary N) is 1. The van der Waals surface area contributed by atoms with Crippen molar-refractivity contribution < 1.29 is 9.59 Å². The highest BCUT2D eigenvalue weighted by molar-refractivity contribution is 6.05. The number of hydrogen-bond acceptors (Lipinski definition) is 3. The highest BCUT2D eigenvalue weighted by atomic mass is 16.2. The maximum atomic E-state index is 13.2. The van der Waals surface area contributed by atoms with Crippen molar-refractivity contribution in [2.24, 2.45) is 0 Å². The van der Waals surface area contributed by atoms with Gasteiger partial charge >= 0.3 is 0 Å². The molecule has 0 aliphatic heterocycles. The Kier molecular flexibility index (Phi) is 6.97. The summed E-state index contributed by atoms with van der Waals surface area (Å²) in [5.74, 6) is -0.395. The number of carbonyl (C=O) groups is 2. The Hall–Kier alpha value is -4.17. The monoisotopic (exact) mass is 409 g/mol. The Bertz CT molecular complexity index is 1130. The number of nitriles is 1. The molecule has 0 aliphatic rings. The minimum Gasteiger partial charge on any atom is -0.331 e. The van der Waals surface area contributed by atoms with Gasteiger partial charge in [-0.15, -0.1) is 6.58 Å².